The molecule has 0 radical (unpaired) electrons. The molecular formula is C30H30F4N4O5S. The number of ether oxygens (including phenoxy) is 1. The minimum Gasteiger partial charge on any atom is -0.444 e. The van der Waals surface area contributed by atoms with Gasteiger partial charge in [-0.05, 0) is 62.2 Å². The number of amides is 2. The SMILES string of the molecule is CC(C)(C)OC(=O)NCc1cccc(N2N=C(C(F)(F)F)CC2C(=O)Nc2ccc(-c3ccccc3S(C)(=O)=O)cc2F)c1. The van der Waals surface area contributed by atoms with Crippen molar-refractivity contribution < 1.29 is 40.3 Å². The van der Waals surface area contributed by atoms with E-state index in [-0.39, 0.29) is 33.9 Å². The van der Waals surface area contributed by atoms with Gasteiger partial charge in [0.1, 0.15) is 23.2 Å². The summed E-state index contributed by atoms with van der Waals surface area (Å²) in [4.78, 5) is 25.3. The number of hydrazone groups is 1. The van der Waals surface area contributed by atoms with Crippen LogP contribution in [0.15, 0.2) is 76.7 Å². The summed E-state index contributed by atoms with van der Waals surface area (Å²) < 4.78 is 85.7. The number of carbonyl (C=O) groups excluding carboxylic acids is 2. The first-order valence-corrected chi connectivity index (χ1v) is 15.2. The van der Waals surface area contributed by atoms with Crippen molar-refractivity contribution in [2.24, 2.45) is 5.10 Å². The second-order valence-electron chi connectivity index (χ2n) is 11.1. The van der Waals surface area contributed by atoms with Crippen molar-refractivity contribution in [1.29, 1.82) is 0 Å². The van der Waals surface area contributed by atoms with Crippen LogP contribution in [0.3, 0.4) is 0 Å². The second kappa shape index (κ2) is 12.3. The zero-order valence-electron chi connectivity index (χ0n) is 24.2. The molecule has 9 nitrogen and oxygen atoms in total. The summed E-state index contributed by atoms with van der Waals surface area (Å²) in [5.41, 5.74) is -1.12. The molecule has 4 rings (SSSR count). The molecule has 0 fully saturated rings. The molecule has 14 heteroatoms. The smallest absolute Gasteiger partial charge is 0.431 e. The van der Waals surface area contributed by atoms with Gasteiger partial charge in [0.25, 0.3) is 0 Å². The molecule has 1 aliphatic heterocycles. The maximum atomic E-state index is 15.2. The van der Waals surface area contributed by atoms with Crippen molar-refractivity contribution in [2.75, 3.05) is 16.6 Å². The average molecular weight is 635 g/mol. The number of anilines is 2. The first-order valence-electron chi connectivity index (χ1n) is 13.3. The van der Waals surface area contributed by atoms with Gasteiger partial charge in [-0.2, -0.15) is 18.3 Å². The van der Waals surface area contributed by atoms with Gasteiger partial charge in [-0.1, -0.05) is 36.4 Å². The zero-order valence-corrected chi connectivity index (χ0v) is 25.0. The Morgan fingerprint density at radius 2 is 1.73 bits per heavy atom. The number of nitrogens with zero attached hydrogens (tertiary/aromatic N) is 2. The number of alkyl carbamates (subject to hydrolysis) is 1. The molecule has 44 heavy (non-hydrogen) atoms. The Balaban J connectivity index is 1.57. The Hall–Kier alpha value is -4.46. The van der Waals surface area contributed by atoms with E-state index < -0.39 is 57.6 Å². The summed E-state index contributed by atoms with van der Waals surface area (Å²) in [6, 6.07) is 14.2. The van der Waals surface area contributed by atoms with Gasteiger partial charge in [0, 0.05) is 24.8 Å². The van der Waals surface area contributed by atoms with Gasteiger partial charge in [0.15, 0.2) is 9.84 Å². The van der Waals surface area contributed by atoms with Crippen molar-refractivity contribution >= 4 is 38.9 Å². The van der Waals surface area contributed by atoms with E-state index >= 15 is 4.39 Å². The second-order valence-corrected chi connectivity index (χ2v) is 13.1. The molecule has 2 N–H and O–H groups in total. The zero-order chi connectivity index (χ0) is 32.4. The predicted molar refractivity (Wildman–Crippen MR) is 157 cm³/mol. The number of hydrogen-bond acceptors (Lipinski definition) is 7. The van der Waals surface area contributed by atoms with E-state index in [0.29, 0.717) is 5.56 Å². The monoisotopic (exact) mass is 634 g/mol. The summed E-state index contributed by atoms with van der Waals surface area (Å²) in [5.74, 6) is -1.87. The van der Waals surface area contributed by atoms with Crippen LogP contribution in [0.25, 0.3) is 11.1 Å². The van der Waals surface area contributed by atoms with Crippen molar-refractivity contribution in [3.63, 3.8) is 0 Å². The van der Waals surface area contributed by atoms with Crippen LogP contribution >= 0.6 is 0 Å². The number of sulfone groups is 1. The van der Waals surface area contributed by atoms with Gasteiger partial charge in [-0.3, -0.25) is 9.80 Å². The minimum absolute atomic E-state index is 0.0106. The van der Waals surface area contributed by atoms with Gasteiger partial charge in [-0.25, -0.2) is 17.6 Å². The third-order valence-corrected chi connectivity index (χ3v) is 7.53. The van der Waals surface area contributed by atoms with Gasteiger partial charge in [0.2, 0.25) is 5.91 Å². The molecule has 0 saturated heterocycles. The summed E-state index contributed by atoms with van der Waals surface area (Å²) in [5, 5.41) is 9.47. The van der Waals surface area contributed by atoms with Gasteiger partial charge in [0.05, 0.1) is 16.3 Å². The van der Waals surface area contributed by atoms with E-state index in [1.807, 2.05) is 0 Å². The summed E-state index contributed by atoms with van der Waals surface area (Å²) in [7, 11) is -3.63. The third kappa shape index (κ3) is 7.92. The van der Waals surface area contributed by atoms with E-state index in [4.69, 9.17) is 4.74 Å². The van der Waals surface area contributed by atoms with Gasteiger partial charge in [-0.15, -0.1) is 0 Å². The van der Waals surface area contributed by atoms with E-state index in [0.717, 1.165) is 17.3 Å². The molecule has 0 aliphatic carbocycles. The van der Waals surface area contributed by atoms with Crippen LogP contribution in [0.1, 0.15) is 32.8 Å². The van der Waals surface area contributed by atoms with Crippen LogP contribution < -0.4 is 15.6 Å². The average Bonchev–Trinajstić information content (AvgIpc) is 3.39. The molecule has 0 spiro atoms. The summed E-state index contributed by atoms with van der Waals surface area (Å²) >= 11 is 0. The fourth-order valence-electron chi connectivity index (χ4n) is 4.45. The van der Waals surface area contributed by atoms with Crippen LogP contribution in [0.5, 0.6) is 0 Å². The molecule has 2 amide bonds. The van der Waals surface area contributed by atoms with E-state index in [1.54, 1.807) is 32.9 Å². The Kier molecular flexibility index (Phi) is 9.05. The number of rotatable bonds is 7. The number of halogens is 4. The Morgan fingerprint density at radius 3 is 2.36 bits per heavy atom. The Morgan fingerprint density at radius 1 is 1.02 bits per heavy atom. The lowest BCUT2D eigenvalue weighted by molar-refractivity contribution is -0.117. The number of alkyl halides is 3. The highest BCUT2D eigenvalue weighted by Gasteiger charge is 2.45. The molecule has 234 valence electrons. The Bertz CT molecular complexity index is 1720. The highest BCUT2D eigenvalue weighted by molar-refractivity contribution is 7.90. The first kappa shape index (κ1) is 32.5. The lowest BCUT2D eigenvalue weighted by Crippen LogP contribution is -2.39. The molecule has 1 atom stereocenters. The topological polar surface area (TPSA) is 117 Å². The third-order valence-electron chi connectivity index (χ3n) is 6.38. The normalized spacial score (nSPS) is 15.5. The van der Waals surface area contributed by atoms with Crippen LogP contribution in [-0.4, -0.2) is 50.2 Å². The van der Waals surface area contributed by atoms with Gasteiger partial charge < -0.3 is 15.4 Å². The van der Waals surface area contributed by atoms with Crippen LogP contribution in [0.4, 0.5) is 33.7 Å². The summed E-state index contributed by atoms with van der Waals surface area (Å²) in [6.45, 7) is 5.07. The fraction of sp³-hybridized carbons (Fsp3) is 0.300. The molecule has 0 aromatic heterocycles. The van der Waals surface area contributed by atoms with Crippen LogP contribution in [0, 0.1) is 5.82 Å². The molecule has 0 bridgehead atoms. The number of nitrogens with one attached hydrogen (secondary N) is 2. The molecular weight excluding hydrogens is 604 g/mol. The molecule has 3 aromatic rings. The van der Waals surface area contributed by atoms with Crippen molar-refractivity contribution in [2.45, 2.75) is 56.5 Å². The fourth-order valence-corrected chi connectivity index (χ4v) is 5.36. The van der Waals surface area contributed by atoms with E-state index in [1.165, 1.54) is 48.5 Å². The molecule has 0 saturated carbocycles. The predicted octanol–water partition coefficient (Wildman–Crippen LogP) is 6.06. The quantitative estimate of drug-likeness (QED) is 0.306. The lowest BCUT2D eigenvalue weighted by Gasteiger charge is -2.24. The highest BCUT2D eigenvalue weighted by Crippen LogP contribution is 2.34. The number of benzene rings is 3. The summed E-state index contributed by atoms with van der Waals surface area (Å²) in [6.07, 6.45) is -5.28. The molecule has 1 unspecified atom stereocenters. The largest absolute Gasteiger partial charge is 0.444 e. The molecule has 1 aliphatic rings. The number of hydrogen-bond donors (Lipinski definition) is 2. The van der Waals surface area contributed by atoms with Crippen LogP contribution in [-0.2, 0) is 25.9 Å². The highest BCUT2D eigenvalue weighted by atomic mass is 32.2. The molecule has 3 aromatic carbocycles. The minimum atomic E-state index is -4.82. The maximum Gasteiger partial charge on any atom is 0.431 e. The van der Waals surface area contributed by atoms with Gasteiger partial charge >= 0.3 is 12.3 Å². The molecule has 1 heterocycles. The Labute approximate surface area is 251 Å². The van der Waals surface area contributed by atoms with Crippen molar-refractivity contribution in [3.8, 4) is 11.1 Å². The lowest BCUT2D eigenvalue weighted by atomic mass is 10.0. The van der Waals surface area contributed by atoms with Crippen molar-refractivity contribution in [3.05, 3.63) is 78.1 Å². The standard InChI is InChI=1S/C30H30F4N4O5S/c1-29(2,3)43-28(40)35-17-18-8-7-9-20(14-18)38-24(16-26(37-38)30(32,33)34)27(39)36-23-13-12-19(15-22(23)31)21-10-5-6-11-25(21)44(4,41)42/h5-15,24H,16-17H2,1-4H3,(H,35,40)(H,36,39). The van der Waals surface area contributed by atoms with E-state index in [2.05, 4.69) is 15.7 Å². The van der Waals surface area contributed by atoms with E-state index in [9.17, 15) is 31.2 Å². The maximum absolute atomic E-state index is 15.2. The van der Waals surface area contributed by atoms with Crippen molar-refractivity contribution in [1.82, 2.24) is 5.32 Å². The van der Waals surface area contributed by atoms with Crippen LogP contribution in [0.2, 0.25) is 0 Å². The number of carbonyl (C=O) groups is 2. The first-order chi connectivity index (χ1) is 20.4.